The van der Waals surface area contributed by atoms with Crippen LogP contribution in [-0.2, 0) is 39.4 Å². The summed E-state index contributed by atoms with van der Waals surface area (Å²) >= 11 is 0. The van der Waals surface area contributed by atoms with Crippen molar-refractivity contribution in [1.82, 2.24) is 0 Å². The molecule has 0 radical (unpaired) electrons. The maximum atomic E-state index is 11.4. The monoisotopic (exact) mass is 748 g/mol. The Labute approximate surface area is 330 Å². The third-order valence-corrected chi connectivity index (χ3v) is 11.0. The standard InChI is InChI=1S/C16H30O7S.C14H26O7S.2Na/c1-2-3-4-5-6-7-8-9-10-11-12-16(15(19)20,13-14(17)18)24(21,22)23;1-2-3-4-5-6-7-8-9-10-14(13(17)18,11-12(15)16)22(19,20)21;;/h2-13H2,1H3,(H,17,18)(H,19,20)(H,21,22,23);2-11H2,1H3,(H,15,16)(H,17,18)(H,19,20,21);;/q;;2*+1/p-2. The Morgan fingerprint density at radius 1 is 0.521 bits per heavy atom. The fourth-order valence-corrected chi connectivity index (χ4v) is 6.95. The maximum absolute atomic E-state index is 11.4. The molecule has 0 heterocycles. The summed E-state index contributed by atoms with van der Waals surface area (Å²) in [5.74, 6) is -7.35. The van der Waals surface area contributed by atoms with Crippen molar-refractivity contribution in [2.45, 2.75) is 165 Å². The second-order valence-corrected chi connectivity index (χ2v) is 15.3. The van der Waals surface area contributed by atoms with Gasteiger partial charge in [0.1, 0.15) is 4.75 Å². The van der Waals surface area contributed by atoms with Gasteiger partial charge in [0.05, 0.1) is 12.4 Å². The van der Waals surface area contributed by atoms with E-state index in [1.807, 2.05) is 0 Å². The molecule has 0 aliphatic rings. The Morgan fingerprint density at radius 3 is 1.04 bits per heavy atom. The average molecular weight is 749 g/mol. The van der Waals surface area contributed by atoms with Gasteiger partial charge in [-0.25, -0.2) is 0 Å². The van der Waals surface area contributed by atoms with E-state index in [1.54, 1.807) is 0 Å². The molecule has 0 saturated heterocycles. The van der Waals surface area contributed by atoms with E-state index in [4.69, 9.17) is 14.8 Å². The topological polar surface area (TPSA) is 264 Å². The Hall–Kier alpha value is -0.300. The molecule has 0 saturated carbocycles. The minimum Gasteiger partial charge on any atom is -0.550 e. The molecule has 0 aromatic carbocycles. The van der Waals surface area contributed by atoms with Gasteiger partial charge in [0, 0.05) is 12.4 Å². The van der Waals surface area contributed by atoms with Gasteiger partial charge < -0.3 is 30.0 Å². The van der Waals surface area contributed by atoms with Crippen LogP contribution >= 0.6 is 0 Å². The predicted molar refractivity (Wildman–Crippen MR) is 167 cm³/mol. The van der Waals surface area contributed by atoms with Gasteiger partial charge in [0.15, 0.2) is 0 Å². The molecule has 2 unspecified atom stereocenters. The zero-order valence-corrected chi connectivity index (χ0v) is 34.9. The number of carboxylic acid groups (broad SMARTS) is 4. The van der Waals surface area contributed by atoms with Crippen LogP contribution in [0.2, 0.25) is 0 Å². The summed E-state index contributed by atoms with van der Waals surface area (Å²) in [6, 6.07) is 0. The van der Waals surface area contributed by atoms with Gasteiger partial charge in [-0.05, 0) is 12.8 Å². The third-order valence-electron chi connectivity index (χ3n) is 7.98. The molecule has 0 spiro atoms. The molecule has 2 atom stereocenters. The number of hydrogen-bond donors (Lipinski definition) is 4. The van der Waals surface area contributed by atoms with E-state index >= 15 is 0 Å². The maximum Gasteiger partial charge on any atom is 1.00 e. The summed E-state index contributed by atoms with van der Waals surface area (Å²) in [6.07, 6.45) is 13.4. The van der Waals surface area contributed by atoms with Crippen LogP contribution in [0.5, 0.6) is 0 Å². The van der Waals surface area contributed by atoms with Crippen LogP contribution in [0.15, 0.2) is 0 Å². The molecule has 0 bridgehead atoms. The zero-order valence-electron chi connectivity index (χ0n) is 29.2. The molecule has 0 fully saturated rings. The quantitative estimate of drug-likeness (QED) is 0.0367. The first-order valence-electron chi connectivity index (χ1n) is 16.1. The van der Waals surface area contributed by atoms with Gasteiger partial charge >= 0.3 is 71.1 Å². The van der Waals surface area contributed by atoms with Gasteiger partial charge in [-0.2, -0.15) is 16.8 Å². The van der Waals surface area contributed by atoms with E-state index in [-0.39, 0.29) is 72.0 Å². The molecule has 14 nitrogen and oxygen atoms in total. The molecular formula is C30H54Na2O14S2. The predicted octanol–water partition coefficient (Wildman–Crippen LogP) is -2.48. The number of carboxylic acids is 4. The molecule has 272 valence electrons. The number of rotatable bonds is 28. The molecule has 48 heavy (non-hydrogen) atoms. The number of unbranched alkanes of at least 4 members (excludes halogenated alkanes) is 16. The summed E-state index contributed by atoms with van der Waals surface area (Å²) in [7, 11) is -10.1. The first kappa shape index (κ1) is 54.5. The van der Waals surface area contributed by atoms with E-state index in [0.717, 1.165) is 57.8 Å². The van der Waals surface area contributed by atoms with Crippen molar-refractivity contribution < 1.29 is 125 Å². The molecule has 0 rings (SSSR count). The largest absolute Gasteiger partial charge is 1.00 e. The molecule has 4 N–H and O–H groups in total. The first-order valence-corrected chi connectivity index (χ1v) is 19.0. The van der Waals surface area contributed by atoms with Gasteiger partial charge in [0.2, 0.25) is 4.75 Å². The smallest absolute Gasteiger partial charge is 0.550 e. The van der Waals surface area contributed by atoms with E-state index in [9.17, 15) is 50.8 Å². The number of hydrogen-bond acceptors (Lipinski definition) is 10. The minimum absolute atomic E-state index is 0. The fraction of sp³-hybridized carbons (Fsp3) is 0.867. The van der Waals surface area contributed by atoms with Crippen molar-refractivity contribution in [2.24, 2.45) is 0 Å². The molecule has 0 aliphatic heterocycles. The Morgan fingerprint density at radius 2 is 0.812 bits per heavy atom. The van der Waals surface area contributed by atoms with Gasteiger partial charge in [-0.15, -0.1) is 0 Å². The molecule has 0 aromatic heterocycles. The fourth-order valence-electron chi connectivity index (χ4n) is 5.11. The third kappa shape index (κ3) is 22.5. The van der Waals surface area contributed by atoms with Crippen molar-refractivity contribution >= 4 is 44.1 Å². The molecular weight excluding hydrogens is 694 g/mol. The Balaban J connectivity index is -0.000000389. The van der Waals surface area contributed by atoms with Crippen LogP contribution < -0.4 is 69.3 Å². The summed E-state index contributed by atoms with van der Waals surface area (Å²) in [4.78, 5) is 43.8. The van der Waals surface area contributed by atoms with Crippen LogP contribution in [0.3, 0.4) is 0 Å². The molecule has 0 aliphatic carbocycles. The zero-order chi connectivity index (χ0) is 35.9. The van der Waals surface area contributed by atoms with Gasteiger partial charge in [-0.3, -0.25) is 18.7 Å². The van der Waals surface area contributed by atoms with Gasteiger partial charge in [0.25, 0.3) is 20.2 Å². The van der Waals surface area contributed by atoms with Crippen molar-refractivity contribution in [3.63, 3.8) is 0 Å². The van der Waals surface area contributed by atoms with Crippen LogP contribution in [0.1, 0.15) is 155 Å². The first-order chi connectivity index (χ1) is 21.3. The van der Waals surface area contributed by atoms with Crippen molar-refractivity contribution in [1.29, 1.82) is 0 Å². The van der Waals surface area contributed by atoms with Crippen LogP contribution in [0.4, 0.5) is 0 Å². The molecule has 18 heteroatoms. The summed E-state index contributed by atoms with van der Waals surface area (Å²) < 4.78 is 58.3. The summed E-state index contributed by atoms with van der Waals surface area (Å²) in [6.45, 7) is 4.27. The second-order valence-electron chi connectivity index (χ2n) is 11.8. The van der Waals surface area contributed by atoms with E-state index in [0.29, 0.717) is 12.8 Å². The van der Waals surface area contributed by atoms with Crippen LogP contribution in [0, 0.1) is 0 Å². The average Bonchev–Trinajstić information content (AvgIpc) is 2.92. The summed E-state index contributed by atoms with van der Waals surface area (Å²) in [5.41, 5.74) is 0. The van der Waals surface area contributed by atoms with Crippen molar-refractivity contribution in [3.05, 3.63) is 0 Å². The molecule has 0 amide bonds. The minimum atomic E-state index is -5.11. The van der Waals surface area contributed by atoms with E-state index in [2.05, 4.69) is 13.8 Å². The van der Waals surface area contributed by atoms with E-state index < -0.39 is 79.3 Å². The SMILES string of the molecule is CCCCCCCCCCC(CC(=O)O)(C(=O)O)S(=O)(=O)O.CCCCCCCCCCCCC(CC(=O)[O-])(C(=O)[O-])S(=O)(=O)O.[Na+].[Na+]. The van der Waals surface area contributed by atoms with Crippen LogP contribution in [0.25, 0.3) is 0 Å². The van der Waals surface area contributed by atoms with Crippen LogP contribution in [-0.4, -0.2) is 69.5 Å². The number of aliphatic carboxylic acids is 4. The Bertz CT molecular complexity index is 1130. The molecule has 0 aromatic rings. The Kier molecular flexibility index (Phi) is 33.2. The van der Waals surface area contributed by atoms with Crippen molar-refractivity contribution in [3.8, 4) is 0 Å². The number of carbonyl (C=O) groups is 4. The summed E-state index contributed by atoms with van der Waals surface area (Å²) in [5, 5.41) is 39.7. The van der Waals surface area contributed by atoms with Crippen molar-refractivity contribution in [2.75, 3.05) is 0 Å². The van der Waals surface area contributed by atoms with E-state index in [1.165, 1.54) is 32.1 Å². The van der Waals surface area contributed by atoms with Gasteiger partial charge in [-0.1, -0.05) is 129 Å². The second kappa shape index (κ2) is 29.3. The number of carbonyl (C=O) groups excluding carboxylic acids is 2. The normalized spacial score (nSPS) is 13.8.